The molecule has 0 spiro atoms. The molecular formula is C18H19Cl2NO3. The Bertz CT molecular complexity index is 662. The van der Waals surface area contributed by atoms with Crippen LogP contribution in [0.5, 0.6) is 11.5 Å². The highest BCUT2D eigenvalue weighted by atomic mass is 35.5. The van der Waals surface area contributed by atoms with Crippen molar-refractivity contribution in [2.24, 2.45) is 0 Å². The van der Waals surface area contributed by atoms with Crippen molar-refractivity contribution >= 4 is 29.1 Å². The number of carbonyl (C=O) groups is 1. The Kier molecular flexibility index (Phi) is 7.22. The van der Waals surface area contributed by atoms with E-state index in [1.165, 1.54) is 0 Å². The standard InChI is InChI=1S/C18H19Cl2NO3/c1-2-17(24-16-5-3-4-14(20)12-16)18(22)21-10-11-23-15-8-6-13(19)7-9-15/h3-9,12,17H,2,10-11H2,1H3,(H,21,22)/t17-/m0/s1. The summed E-state index contributed by atoms with van der Waals surface area (Å²) in [5, 5.41) is 4.02. The molecule has 2 rings (SSSR count). The van der Waals surface area contributed by atoms with Crippen LogP contribution in [-0.4, -0.2) is 25.2 Å². The summed E-state index contributed by atoms with van der Waals surface area (Å²) in [7, 11) is 0. The van der Waals surface area contributed by atoms with Crippen LogP contribution < -0.4 is 14.8 Å². The molecule has 1 amide bonds. The summed E-state index contributed by atoms with van der Waals surface area (Å²) in [5.41, 5.74) is 0. The van der Waals surface area contributed by atoms with E-state index in [2.05, 4.69) is 5.32 Å². The Morgan fingerprint density at radius 3 is 2.50 bits per heavy atom. The van der Waals surface area contributed by atoms with Gasteiger partial charge >= 0.3 is 0 Å². The number of halogens is 2. The molecule has 2 aromatic rings. The zero-order valence-corrected chi connectivity index (χ0v) is 14.8. The Balaban J connectivity index is 1.76. The lowest BCUT2D eigenvalue weighted by atomic mass is 10.2. The van der Waals surface area contributed by atoms with Crippen LogP contribution in [0.25, 0.3) is 0 Å². The van der Waals surface area contributed by atoms with Crippen molar-refractivity contribution in [3.8, 4) is 11.5 Å². The fourth-order valence-electron chi connectivity index (χ4n) is 2.01. The lowest BCUT2D eigenvalue weighted by Gasteiger charge is -2.17. The summed E-state index contributed by atoms with van der Waals surface area (Å²) in [6, 6.07) is 14.0. The molecule has 0 radical (unpaired) electrons. The number of benzene rings is 2. The van der Waals surface area contributed by atoms with Crippen LogP contribution in [0, 0.1) is 0 Å². The molecule has 1 atom stereocenters. The van der Waals surface area contributed by atoms with E-state index < -0.39 is 6.10 Å². The molecule has 1 N–H and O–H groups in total. The SMILES string of the molecule is CC[C@H](Oc1cccc(Cl)c1)C(=O)NCCOc1ccc(Cl)cc1. The van der Waals surface area contributed by atoms with E-state index in [4.69, 9.17) is 32.7 Å². The summed E-state index contributed by atoms with van der Waals surface area (Å²) in [6.07, 6.45) is -0.0184. The van der Waals surface area contributed by atoms with Gasteiger partial charge in [-0.15, -0.1) is 0 Å². The Morgan fingerprint density at radius 1 is 1.08 bits per heavy atom. The van der Waals surface area contributed by atoms with Gasteiger partial charge in [0.05, 0.1) is 6.54 Å². The predicted octanol–water partition coefficient (Wildman–Crippen LogP) is 4.35. The number of amides is 1. The van der Waals surface area contributed by atoms with E-state index in [0.29, 0.717) is 41.1 Å². The quantitative estimate of drug-likeness (QED) is 0.705. The van der Waals surface area contributed by atoms with Crippen molar-refractivity contribution in [1.29, 1.82) is 0 Å². The fraction of sp³-hybridized carbons (Fsp3) is 0.278. The first-order valence-corrected chi connectivity index (χ1v) is 8.42. The average Bonchev–Trinajstić information content (AvgIpc) is 2.58. The maximum absolute atomic E-state index is 12.2. The van der Waals surface area contributed by atoms with Crippen molar-refractivity contribution in [3.05, 3.63) is 58.6 Å². The van der Waals surface area contributed by atoms with E-state index in [1.807, 2.05) is 6.92 Å². The van der Waals surface area contributed by atoms with Crippen LogP contribution in [0.4, 0.5) is 0 Å². The number of hydrogen-bond donors (Lipinski definition) is 1. The number of ether oxygens (including phenoxy) is 2. The minimum absolute atomic E-state index is 0.183. The van der Waals surface area contributed by atoms with Crippen molar-refractivity contribution in [2.75, 3.05) is 13.2 Å². The molecule has 0 aliphatic heterocycles. The maximum Gasteiger partial charge on any atom is 0.261 e. The molecule has 0 aromatic heterocycles. The third kappa shape index (κ3) is 5.95. The van der Waals surface area contributed by atoms with Gasteiger partial charge in [-0.2, -0.15) is 0 Å². The Labute approximate surface area is 151 Å². The molecular weight excluding hydrogens is 349 g/mol. The van der Waals surface area contributed by atoms with Gasteiger partial charge in [0.25, 0.3) is 5.91 Å². The number of rotatable bonds is 8. The lowest BCUT2D eigenvalue weighted by Crippen LogP contribution is -2.39. The Morgan fingerprint density at radius 2 is 1.83 bits per heavy atom. The normalized spacial score (nSPS) is 11.6. The first-order valence-electron chi connectivity index (χ1n) is 7.67. The second-order valence-corrected chi connectivity index (χ2v) is 5.94. The van der Waals surface area contributed by atoms with Crippen LogP contribution in [0.2, 0.25) is 10.0 Å². The molecule has 24 heavy (non-hydrogen) atoms. The molecule has 0 aliphatic carbocycles. The van der Waals surface area contributed by atoms with Gasteiger partial charge < -0.3 is 14.8 Å². The molecule has 4 nitrogen and oxygen atoms in total. The van der Waals surface area contributed by atoms with Crippen molar-refractivity contribution < 1.29 is 14.3 Å². The van der Waals surface area contributed by atoms with Crippen molar-refractivity contribution in [1.82, 2.24) is 5.32 Å². The van der Waals surface area contributed by atoms with E-state index in [-0.39, 0.29) is 5.91 Å². The smallest absolute Gasteiger partial charge is 0.261 e. The highest BCUT2D eigenvalue weighted by Gasteiger charge is 2.17. The second-order valence-electron chi connectivity index (χ2n) is 5.07. The van der Waals surface area contributed by atoms with Gasteiger partial charge in [-0.1, -0.05) is 36.2 Å². The lowest BCUT2D eigenvalue weighted by molar-refractivity contribution is -0.128. The Hall–Kier alpha value is -1.91. The summed E-state index contributed by atoms with van der Waals surface area (Å²) in [4.78, 5) is 12.2. The highest BCUT2D eigenvalue weighted by Crippen LogP contribution is 2.19. The molecule has 0 aliphatic rings. The van der Waals surface area contributed by atoms with Gasteiger partial charge in [-0.05, 0) is 48.9 Å². The van der Waals surface area contributed by atoms with Crippen molar-refractivity contribution in [2.45, 2.75) is 19.4 Å². The van der Waals surface area contributed by atoms with Crippen LogP contribution in [0.3, 0.4) is 0 Å². The van der Waals surface area contributed by atoms with Gasteiger partial charge in [0.15, 0.2) is 6.10 Å². The van der Waals surface area contributed by atoms with Gasteiger partial charge in [-0.25, -0.2) is 0 Å². The molecule has 0 fully saturated rings. The zero-order chi connectivity index (χ0) is 17.4. The van der Waals surface area contributed by atoms with Crippen LogP contribution in [-0.2, 0) is 4.79 Å². The zero-order valence-electron chi connectivity index (χ0n) is 13.3. The van der Waals surface area contributed by atoms with Gasteiger partial charge in [0.2, 0.25) is 0 Å². The molecule has 128 valence electrons. The van der Waals surface area contributed by atoms with E-state index >= 15 is 0 Å². The molecule has 6 heteroatoms. The van der Waals surface area contributed by atoms with Crippen LogP contribution in [0.1, 0.15) is 13.3 Å². The first-order chi connectivity index (χ1) is 11.6. The van der Waals surface area contributed by atoms with Crippen LogP contribution >= 0.6 is 23.2 Å². The largest absolute Gasteiger partial charge is 0.492 e. The third-order valence-electron chi connectivity index (χ3n) is 3.22. The summed E-state index contributed by atoms with van der Waals surface area (Å²) >= 11 is 11.7. The molecule has 0 unspecified atom stereocenters. The van der Waals surface area contributed by atoms with Crippen molar-refractivity contribution in [3.63, 3.8) is 0 Å². The number of hydrogen-bond acceptors (Lipinski definition) is 3. The monoisotopic (exact) mass is 367 g/mol. The van der Waals surface area contributed by atoms with Gasteiger partial charge in [0, 0.05) is 10.0 Å². The summed E-state index contributed by atoms with van der Waals surface area (Å²) in [5.74, 6) is 1.09. The number of nitrogens with one attached hydrogen (secondary N) is 1. The second kappa shape index (κ2) is 9.40. The van der Waals surface area contributed by atoms with E-state index in [0.717, 1.165) is 0 Å². The third-order valence-corrected chi connectivity index (χ3v) is 3.71. The summed E-state index contributed by atoms with van der Waals surface area (Å²) < 4.78 is 11.2. The maximum atomic E-state index is 12.2. The van der Waals surface area contributed by atoms with E-state index in [1.54, 1.807) is 48.5 Å². The fourth-order valence-corrected chi connectivity index (χ4v) is 2.32. The van der Waals surface area contributed by atoms with Gasteiger partial charge in [-0.3, -0.25) is 4.79 Å². The molecule has 0 heterocycles. The van der Waals surface area contributed by atoms with E-state index in [9.17, 15) is 4.79 Å². The number of carbonyl (C=O) groups excluding carboxylic acids is 1. The molecule has 0 bridgehead atoms. The minimum Gasteiger partial charge on any atom is -0.492 e. The molecule has 0 saturated heterocycles. The van der Waals surface area contributed by atoms with Gasteiger partial charge in [0.1, 0.15) is 18.1 Å². The first kappa shape index (κ1) is 18.4. The summed E-state index contributed by atoms with van der Waals surface area (Å²) in [6.45, 7) is 2.64. The topological polar surface area (TPSA) is 47.6 Å². The van der Waals surface area contributed by atoms with Crippen LogP contribution in [0.15, 0.2) is 48.5 Å². The average molecular weight is 368 g/mol. The highest BCUT2D eigenvalue weighted by molar-refractivity contribution is 6.30. The molecule has 0 saturated carbocycles. The molecule has 2 aromatic carbocycles. The minimum atomic E-state index is -0.570. The predicted molar refractivity (Wildman–Crippen MR) is 96.1 cm³/mol.